The number of hydrogen-bond acceptors (Lipinski definition) is 8. The lowest BCUT2D eigenvalue weighted by Crippen LogP contribution is -2.40. The van der Waals surface area contributed by atoms with Crippen LogP contribution in [0, 0.1) is 11.3 Å². The van der Waals surface area contributed by atoms with Crippen LogP contribution in [-0.4, -0.2) is 59.1 Å². The molecule has 1 aromatic heterocycles. The second kappa shape index (κ2) is 12.0. The van der Waals surface area contributed by atoms with Crippen LogP contribution in [0.3, 0.4) is 0 Å². The molecule has 2 heterocycles. The van der Waals surface area contributed by atoms with Crippen molar-refractivity contribution >= 4 is 27.8 Å². The quantitative estimate of drug-likeness (QED) is 0.140. The minimum absolute atomic E-state index is 0.00568. The molecule has 4 N–H and O–H groups in total. The van der Waals surface area contributed by atoms with E-state index >= 15 is 0 Å². The average Bonchev–Trinajstić information content (AvgIpc) is 3.19. The van der Waals surface area contributed by atoms with Crippen molar-refractivity contribution in [3.63, 3.8) is 0 Å². The van der Waals surface area contributed by atoms with Crippen molar-refractivity contribution in [3.8, 4) is 16.9 Å². The number of carbonyl (C=O) groups excluding carboxylic acids is 2. The van der Waals surface area contributed by atoms with Crippen LogP contribution in [0.2, 0.25) is 0 Å². The van der Waals surface area contributed by atoms with Gasteiger partial charge in [0, 0.05) is 23.5 Å². The molecule has 1 aliphatic rings. The van der Waals surface area contributed by atoms with Gasteiger partial charge < -0.3 is 20.1 Å². The van der Waals surface area contributed by atoms with Gasteiger partial charge >= 0.3 is 5.97 Å². The molecule has 1 amide bonds. The number of nitrogens with zero attached hydrogens (tertiary/aromatic N) is 2. The Bertz CT molecular complexity index is 1430. The summed E-state index contributed by atoms with van der Waals surface area (Å²) in [6, 6.07) is 17.2. The van der Waals surface area contributed by atoms with Gasteiger partial charge in [-0.15, -0.1) is 0 Å². The lowest BCUT2D eigenvalue weighted by atomic mass is 10.0. The van der Waals surface area contributed by atoms with E-state index in [9.17, 15) is 22.6 Å². The molecule has 1 fully saturated rings. The molecule has 3 aromatic rings. The number of amidine groups is 1. The highest BCUT2D eigenvalue weighted by Crippen LogP contribution is 2.30. The Labute approximate surface area is 225 Å². The van der Waals surface area contributed by atoms with E-state index in [4.69, 9.17) is 20.6 Å². The first-order chi connectivity index (χ1) is 18.6. The molecule has 0 radical (unpaired) electrons. The van der Waals surface area contributed by atoms with Gasteiger partial charge in [0.25, 0.3) is 10.1 Å². The first-order valence-corrected chi connectivity index (χ1v) is 13.7. The number of nitrogens with two attached hydrogens (primary N) is 1. The molecule has 204 valence electrons. The van der Waals surface area contributed by atoms with Crippen LogP contribution in [0.1, 0.15) is 24.0 Å². The largest absolute Gasteiger partial charge is 0.491 e. The fraction of sp³-hybridized carbons (Fsp3) is 0.259. The van der Waals surface area contributed by atoms with Gasteiger partial charge in [-0.3, -0.25) is 24.5 Å². The molecule has 2 aromatic carbocycles. The third-order valence-corrected chi connectivity index (χ3v) is 6.90. The highest BCUT2D eigenvalue weighted by atomic mass is 32.2. The van der Waals surface area contributed by atoms with Crippen molar-refractivity contribution in [2.75, 3.05) is 12.5 Å². The first kappa shape index (κ1) is 27.7. The van der Waals surface area contributed by atoms with Gasteiger partial charge in [0.05, 0.1) is 18.4 Å². The SMILES string of the molecule is N=C(N)c1ccc(-c2ccc(OC[C@@H]3C[C@@H](CC(=O)OCc4cccnc4)C(=O)N3CS(=O)(=O)O)cc2)cc1. The number of hydrogen-bond donors (Lipinski definition) is 3. The van der Waals surface area contributed by atoms with Crippen molar-refractivity contribution in [1.29, 1.82) is 5.41 Å². The van der Waals surface area contributed by atoms with Crippen LogP contribution in [-0.2, 0) is 31.1 Å². The summed E-state index contributed by atoms with van der Waals surface area (Å²) in [7, 11) is -4.49. The molecule has 0 unspecified atom stereocenters. The van der Waals surface area contributed by atoms with Gasteiger partial charge in [0.2, 0.25) is 5.91 Å². The highest BCUT2D eigenvalue weighted by molar-refractivity contribution is 7.85. The lowest BCUT2D eigenvalue weighted by molar-refractivity contribution is -0.148. The van der Waals surface area contributed by atoms with Gasteiger partial charge in [-0.05, 0) is 35.7 Å². The van der Waals surface area contributed by atoms with Crippen LogP contribution in [0.25, 0.3) is 11.1 Å². The summed E-state index contributed by atoms with van der Waals surface area (Å²) < 4.78 is 43.6. The van der Waals surface area contributed by atoms with Gasteiger partial charge in [0.1, 0.15) is 30.7 Å². The zero-order valence-electron chi connectivity index (χ0n) is 20.9. The zero-order valence-corrected chi connectivity index (χ0v) is 21.7. The molecule has 0 saturated carbocycles. The third kappa shape index (κ3) is 7.62. The van der Waals surface area contributed by atoms with E-state index in [1.165, 1.54) is 0 Å². The van der Waals surface area contributed by atoms with E-state index in [0.717, 1.165) is 16.0 Å². The molecule has 1 aliphatic heterocycles. The van der Waals surface area contributed by atoms with Crippen molar-refractivity contribution in [2.24, 2.45) is 11.7 Å². The Hall–Kier alpha value is -4.29. The molecule has 11 nitrogen and oxygen atoms in total. The molecule has 39 heavy (non-hydrogen) atoms. The van der Waals surface area contributed by atoms with Crippen LogP contribution in [0.15, 0.2) is 73.1 Å². The maximum Gasteiger partial charge on any atom is 0.306 e. The van der Waals surface area contributed by atoms with Crippen molar-refractivity contribution in [1.82, 2.24) is 9.88 Å². The number of amides is 1. The van der Waals surface area contributed by atoms with Crippen LogP contribution in [0.5, 0.6) is 5.75 Å². The second-order valence-corrected chi connectivity index (χ2v) is 10.6. The minimum Gasteiger partial charge on any atom is -0.491 e. The summed E-state index contributed by atoms with van der Waals surface area (Å²) in [4.78, 5) is 30.3. The Morgan fingerprint density at radius 1 is 1.10 bits per heavy atom. The molecular weight excluding hydrogens is 524 g/mol. The molecule has 0 aliphatic carbocycles. The Balaban J connectivity index is 1.37. The smallest absolute Gasteiger partial charge is 0.306 e. The number of ether oxygens (including phenoxy) is 2. The number of esters is 1. The number of carbonyl (C=O) groups is 2. The van der Waals surface area contributed by atoms with E-state index in [0.29, 0.717) is 16.9 Å². The number of rotatable bonds is 11. The lowest BCUT2D eigenvalue weighted by Gasteiger charge is -2.23. The molecule has 0 bridgehead atoms. The summed E-state index contributed by atoms with van der Waals surface area (Å²) >= 11 is 0. The summed E-state index contributed by atoms with van der Waals surface area (Å²) in [5.41, 5.74) is 8.65. The van der Waals surface area contributed by atoms with Crippen LogP contribution >= 0.6 is 0 Å². The topological polar surface area (TPSA) is 173 Å². The van der Waals surface area contributed by atoms with Crippen molar-refractivity contribution in [2.45, 2.75) is 25.5 Å². The van der Waals surface area contributed by atoms with E-state index < -0.39 is 39.8 Å². The zero-order chi connectivity index (χ0) is 28.0. The second-order valence-electron chi connectivity index (χ2n) is 9.16. The Kier molecular flexibility index (Phi) is 8.57. The Morgan fingerprint density at radius 2 is 1.77 bits per heavy atom. The van der Waals surface area contributed by atoms with Gasteiger partial charge in [-0.2, -0.15) is 8.42 Å². The predicted molar refractivity (Wildman–Crippen MR) is 142 cm³/mol. The molecule has 1 saturated heterocycles. The van der Waals surface area contributed by atoms with Crippen LogP contribution < -0.4 is 10.5 Å². The highest BCUT2D eigenvalue weighted by Gasteiger charge is 2.42. The summed E-state index contributed by atoms with van der Waals surface area (Å²) in [5.74, 6) is -2.38. The Morgan fingerprint density at radius 3 is 2.36 bits per heavy atom. The van der Waals surface area contributed by atoms with E-state index in [2.05, 4.69) is 4.98 Å². The average molecular weight is 553 g/mol. The number of nitrogens with one attached hydrogen (secondary N) is 1. The van der Waals surface area contributed by atoms with Crippen molar-refractivity contribution < 1.29 is 32.0 Å². The molecule has 4 rings (SSSR count). The minimum atomic E-state index is -4.49. The number of nitrogen functional groups attached to an aromatic ring is 1. The standard InChI is InChI=1S/C27H28N4O7S/c28-26(29)21-5-3-19(4-6-21)20-7-9-24(10-8-20)37-16-23-12-22(27(33)31(23)17-39(34,35)36)13-25(32)38-15-18-2-1-11-30-14-18/h1-11,14,22-23H,12-13,15-17H2,(H3,28,29)(H,34,35,36)/t22-,23-/m0/s1. The van der Waals surface area contributed by atoms with Gasteiger partial charge in [-0.25, -0.2) is 0 Å². The fourth-order valence-electron chi connectivity index (χ4n) is 4.33. The van der Waals surface area contributed by atoms with Crippen molar-refractivity contribution in [3.05, 3.63) is 84.2 Å². The number of pyridine rings is 1. The summed E-state index contributed by atoms with van der Waals surface area (Å²) in [6.07, 6.45) is 3.09. The van der Waals surface area contributed by atoms with Gasteiger partial charge in [0.15, 0.2) is 0 Å². The maximum atomic E-state index is 12.9. The maximum absolute atomic E-state index is 12.9. The third-order valence-electron chi connectivity index (χ3n) is 6.29. The van der Waals surface area contributed by atoms with Gasteiger partial charge in [-0.1, -0.05) is 42.5 Å². The monoisotopic (exact) mass is 552 g/mol. The molecule has 2 atom stereocenters. The molecular formula is C27H28N4O7S. The number of aromatic nitrogens is 1. The number of benzene rings is 2. The normalized spacial score (nSPS) is 17.2. The van der Waals surface area contributed by atoms with E-state index in [1.807, 2.05) is 24.3 Å². The summed E-state index contributed by atoms with van der Waals surface area (Å²) in [5, 5.41) is 7.49. The fourth-order valence-corrected chi connectivity index (χ4v) is 5.02. The van der Waals surface area contributed by atoms with E-state index in [-0.39, 0.29) is 31.9 Å². The molecule has 12 heteroatoms. The first-order valence-electron chi connectivity index (χ1n) is 12.1. The molecule has 0 spiro atoms. The van der Waals surface area contributed by atoms with Crippen LogP contribution in [0.4, 0.5) is 0 Å². The summed E-state index contributed by atoms with van der Waals surface area (Å²) in [6.45, 7) is -0.0269. The predicted octanol–water partition coefficient (Wildman–Crippen LogP) is 2.61. The van der Waals surface area contributed by atoms with E-state index in [1.54, 1.807) is 48.8 Å². The number of likely N-dealkylation sites (tertiary alicyclic amines) is 1.